The summed E-state index contributed by atoms with van der Waals surface area (Å²) in [6.45, 7) is 4.69. The highest BCUT2D eigenvalue weighted by Gasteiger charge is 2.03. The van der Waals surface area contributed by atoms with Gasteiger partial charge in [0.1, 0.15) is 11.9 Å². The topological polar surface area (TPSA) is 49.8 Å². The quantitative estimate of drug-likeness (QED) is 0.522. The largest absolute Gasteiger partial charge is 0.464 e. The lowest BCUT2D eigenvalue weighted by atomic mass is 10.5. The van der Waals surface area contributed by atoms with Gasteiger partial charge in [-0.1, -0.05) is 22.9 Å². The zero-order chi connectivity index (χ0) is 10.1. The predicted octanol–water partition coefficient (Wildman–Crippen LogP) is 0.239. The van der Waals surface area contributed by atoms with Crippen LogP contribution in [0.5, 0.6) is 0 Å². The highest BCUT2D eigenvalue weighted by Crippen LogP contribution is 1.89. The summed E-state index contributed by atoms with van der Waals surface area (Å²) in [5.74, 6) is -0.250. The van der Waals surface area contributed by atoms with E-state index in [2.05, 4.69) is 15.9 Å². The smallest absolute Gasteiger partial charge is 0.316 e. The van der Waals surface area contributed by atoms with Crippen LogP contribution in [0.4, 0.5) is 0 Å². The summed E-state index contributed by atoms with van der Waals surface area (Å²) in [4.78, 5) is 12.7. The van der Waals surface area contributed by atoms with Gasteiger partial charge in [-0.3, -0.25) is 9.69 Å². The van der Waals surface area contributed by atoms with Crippen LogP contribution in [0, 0.1) is 0 Å². The molecule has 0 aliphatic heterocycles. The van der Waals surface area contributed by atoms with Crippen LogP contribution in [-0.2, 0) is 9.53 Å². The summed E-state index contributed by atoms with van der Waals surface area (Å²) in [5, 5.41) is 8.90. The molecular weight excluding hydrogens is 238 g/mol. The van der Waals surface area contributed by atoms with E-state index in [1.165, 1.54) is 0 Å². The van der Waals surface area contributed by atoms with Gasteiger partial charge in [0, 0.05) is 13.1 Å². The van der Waals surface area contributed by atoms with Crippen LogP contribution in [0.25, 0.3) is 0 Å². The van der Waals surface area contributed by atoms with Gasteiger partial charge in [0.15, 0.2) is 0 Å². The number of likely N-dealkylation sites (N-methyl/N-ethyl adjacent to an activating group) is 1. The van der Waals surface area contributed by atoms with Gasteiger partial charge in [-0.05, 0) is 6.54 Å². The van der Waals surface area contributed by atoms with Crippen molar-refractivity contribution in [3.8, 4) is 0 Å². The number of aliphatic hydroxyl groups is 1. The van der Waals surface area contributed by atoms with Gasteiger partial charge in [-0.25, -0.2) is 0 Å². The minimum Gasteiger partial charge on any atom is -0.464 e. The first-order valence-electron chi connectivity index (χ1n) is 4.29. The van der Waals surface area contributed by atoms with Crippen LogP contribution in [0.2, 0.25) is 0 Å². The van der Waals surface area contributed by atoms with E-state index in [0.717, 1.165) is 6.54 Å². The fourth-order valence-corrected chi connectivity index (χ4v) is 1.06. The molecule has 0 atom stereocenters. The number of ether oxygens (including phenoxy) is 1. The molecule has 0 rings (SSSR count). The lowest BCUT2D eigenvalue weighted by molar-refractivity contribution is -0.140. The van der Waals surface area contributed by atoms with E-state index < -0.39 is 0 Å². The van der Waals surface area contributed by atoms with Crippen molar-refractivity contribution in [1.29, 1.82) is 0 Å². The van der Waals surface area contributed by atoms with E-state index in [0.29, 0.717) is 19.7 Å². The van der Waals surface area contributed by atoms with Crippen LogP contribution < -0.4 is 0 Å². The van der Waals surface area contributed by atoms with Crippen molar-refractivity contribution in [2.75, 3.05) is 38.2 Å². The maximum absolute atomic E-state index is 10.7. The number of esters is 1. The molecule has 0 unspecified atom stereocenters. The Bertz CT molecular complexity index is 143. The zero-order valence-corrected chi connectivity index (χ0v) is 9.42. The number of alkyl halides is 1. The van der Waals surface area contributed by atoms with E-state index in [9.17, 15) is 4.79 Å². The van der Waals surface area contributed by atoms with Crippen LogP contribution >= 0.6 is 15.9 Å². The fraction of sp³-hybridized carbons (Fsp3) is 0.875. The summed E-state index contributed by atoms with van der Waals surface area (Å²) in [6.07, 6.45) is 0. The molecule has 0 heterocycles. The highest BCUT2D eigenvalue weighted by molar-refractivity contribution is 9.09. The molecule has 0 aliphatic carbocycles. The van der Waals surface area contributed by atoms with Gasteiger partial charge in [0.25, 0.3) is 0 Å². The number of hydrogen-bond acceptors (Lipinski definition) is 4. The van der Waals surface area contributed by atoms with Gasteiger partial charge in [0.2, 0.25) is 0 Å². The number of nitrogens with zero attached hydrogens (tertiary/aromatic N) is 1. The molecular formula is C8H16BrNO3. The van der Waals surface area contributed by atoms with E-state index in [1.54, 1.807) is 0 Å². The number of rotatable bonds is 7. The number of aliphatic hydroxyl groups excluding tert-OH is 1. The first-order valence-corrected chi connectivity index (χ1v) is 5.41. The molecule has 0 amide bonds. The average Bonchev–Trinajstić information content (AvgIpc) is 2.16. The molecule has 0 aromatic carbocycles. The first kappa shape index (κ1) is 12.9. The van der Waals surface area contributed by atoms with E-state index in [4.69, 9.17) is 9.84 Å². The van der Waals surface area contributed by atoms with Crippen LogP contribution in [-0.4, -0.2) is 54.2 Å². The van der Waals surface area contributed by atoms with Crippen molar-refractivity contribution in [3.63, 3.8) is 0 Å². The summed E-state index contributed by atoms with van der Waals surface area (Å²) in [7, 11) is 0. The van der Waals surface area contributed by atoms with Crippen molar-refractivity contribution >= 4 is 21.9 Å². The Balaban J connectivity index is 3.42. The second-order valence-corrected chi connectivity index (χ2v) is 3.07. The Morgan fingerprint density at radius 2 is 2.23 bits per heavy atom. The molecule has 0 aromatic heterocycles. The molecule has 0 aliphatic rings. The second kappa shape index (κ2) is 8.47. The third-order valence-electron chi connectivity index (χ3n) is 1.64. The summed E-state index contributed by atoms with van der Waals surface area (Å²) >= 11 is 3.00. The lowest BCUT2D eigenvalue weighted by Gasteiger charge is -2.18. The summed E-state index contributed by atoms with van der Waals surface area (Å²) < 4.78 is 4.86. The summed E-state index contributed by atoms with van der Waals surface area (Å²) in [6, 6.07) is 0. The molecule has 4 nitrogen and oxygen atoms in total. The SMILES string of the molecule is CCN(CCO)CCOC(=O)CBr. The molecule has 0 spiro atoms. The monoisotopic (exact) mass is 253 g/mol. The maximum Gasteiger partial charge on any atom is 0.316 e. The number of carbonyl (C=O) groups is 1. The van der Waals surface area contributed by atoms with Crippen molar-refractivity contribution < 1.29 is 14.6 Å². The Labute approximate surface area is 87.0 Å². The maximum atomic E-state index is 10.7. The molecule has 13 heavy (non-hydrogen) atoms. The predicted molar refractivity (Wildman–Crippen MR) is 54.0 cm³/mol. The Morgan fingerprint density at radius 3 is 2.69 bits per heavy atom. The van der Waals surface area contributed by atoms with Gasteiger partial charge < -0.3 is 9.84 Å². The standard InChI is InChI=1S/C8H16BrNO3/c1-2-10(3-5-11)4-6-13-8(12)7-9/h11H,2-7H2,1H3. The van der Waals surface area contributed by atoms with E-state index in [1.807, 2.05) is 11.8 Å². The van der Waals surface area contributed by atoms with Gasteiger partial charge in [-0.15, -0.1) is 0 Å². The van der Waals surface area contributed by atoms with Crippen molar-refractivity contribution in [1.82, 2.24) is 4.90 Å². The molecule has 0 saturated heterocycles. The van der Waals surface area contributed by atoms with Gasteiger partial charge in [-0.2, -0.15) is 0 Å². The molecule has 0 aromatic rings. The van der Waals surface area contributed by atoms with Crippen LogP contribution in [0.1, 0.15) is 6.92 Å². The minimum absolute atomic E-state index is 0.139. The molecule has 0 saturated carbocycles. The molecule has 0 fully saturated rings. The molecule has 78 valence electrons. The average molecular weight is 254 g/mol. The van der Waals surface area contributed by atoms with E-state index >= 15 is 0 Å². The normalized spacial score (nSPS) is 10.5. The second-order valence-electron chi connectivity index (χ2n) is 2.51. The number of carbonyl (C=O) groups excluding carboxylic acids is 1. The fourth-order valence-electron chi connectivity index (χ4n) is 0.897. The number of halogens is 1. The zero-order valence-electron chi connectivity index (χ0n) is 7.83. The van der Waals surface area contributed by atoms with Crippen LogP contribution in [0.3, 0.4) is 0 Å². The van der Waals surface area contributed by atoms with E-state index in [-0.39, 0.29) is 17.9 Å². The Kier molecular flexibility index (Phi) is 8.38. The highest BCUT2D eigenvalue weighted by atomic mass is 79.9. The Morgan fingerprint density at radius 1 is 1.54 bits per heavy atom. The minimum atomic E-state index is -0.250. The molecule has 0 radical (unpaired) electrons. The molecule has 1 N–H and O–H groups in total. The first-order chi connectivity index (χ1) is 6.24. The molecule has 0 bridgehead atoms. The summed E-state index contributed by atoms with van der Waals surface area (Å²) in [5.41, 5.74) is 0. The van der Waals surface area contributed by atoms with Crippen LogP contribution in [0.15, 0.2) is 0 Å². The third kappa shape index (κ3) is 6.98. The number of hydrogen-bond donors (Lipinski definition) is 1. The Hall–Kier alpha value is -0.130. The lowest BCUT2D eigenvalue weighted by Crippen LogP contribution is -2.30. The van der Waals surface area contributed by atoms with Crippen molar-refractivity contribution in [2.24, 2.45) is 0 Å². The molecule has 5 heteroatoms. The third-order valence-corrected chi connectivity index (χ3v) is 2.10. The van der Waals surface area contributed by atoms with Crippen molar-refractivity contribution in [3.05, 3.63) is 0 Å². The van der Waals surface area contributed by atoms with Crippen molar-refractivity contribution in [2.45, 2.75) is 6.92 Å². The van der Waals surface area contributed by atoms with Gasteiger partial charge >= 0.3 is 5.97 Å². The van der Waals surface area contributed by atoms with Gasteiger partial charge in [0.05, 0.1) is 6.61 Å².